The number of rotatable bonds is 12. The largest absolute Gasteiger partial charge is 0.454 e. The molecule has 0 unspecified atom stereocenters. The lowest BCUT2D eigenvalue weighted by Crippen LogP contribution is -2.29. The third kappa shape index (κ3) is 8.83. The van der Waals surface area contributed by atoms with E-state index >= 15 is 0 Å². The predicted octanol–water partition coefficient (Wildman–Crippen LogP) is 24.6. The molecule has 93 heavy (non-hydrogen) atoms. The van der Waals surface area contributed by atoms with Gasteiger partial charge in [0.1, 0.15) is 11.2 Å². The van der Waals surface area contributed by atoms with E-state index in [0.717, 1.165) is 150 Å². The van der Waals surface area contributed by atoms with E-state index in [0.29, 0.717) is 0 Å². The van der Waals surface area contributed by atoms with Crippen LogP contribution in [-0.4, -0.2) is 0 Å². The molecule has 436 valence electrons. The average molecular weight is 1190 g/mol. The smallest absolute Gasteiger partial charge is 0.159 e. The highest BCUT2D eigenvalue weighted by Crippen LogP contribution is 2.62. The molecular formula is C89H58N2O2. The number of hydrogen-bond donors (Lipinski definition) is 0. The number of benzene rings is 15. The summed E-state index contributed by atoms with van der Waals surface area (Å²) < 4.78 is 14.2. The maximum Gasteiger partial charge on any atom is 0.159 e. The zero-order valence-corrected chi connectivity index (χ0v) is 50.7. The van der Waals surface area contributed by atoms with Crippen LogP contribution >= 0.6 is 0 Å². The van der Waals surface area contributed by atoms with Gasteiger partial charge < -0.3 is 18.6 Å². The van der Waals surface area contributed by atoms with Crippen LogP contribution in [0, 0.1) is 0 Å². The molecule has 4 nitrogen and oxygen atoms in total. The topological polar surface area (TPSA) is 32.8 Å². The van der Waals surface area contributed by atoms with Crippen molar-refractivity contribution in [2.75, 3.05) is 9.80 Å². The molecule has 0 spiro atoms. The zero-order valence-electron chi connectivity index (χ0n) is 50.7. The molecule has 1 aliphatic carbocycles. The summed E-state index contributed by atoms with van der Waals surface area (Å²) in [6.45, 7) is 0. The molecule has 0 bridgehead atoms. The fourth-order valence-corrected chi connectivity index (χ4v) is 15.0. The predicted molar refractivity (Wildman–Crippen MR) is 387 cm³/mol. The minimum atomic E-state index is -0.877. The first-order valence-corrected chi connectivity index (χ1v) is 31.9. The molecule has 0 N–H and O–H groups in total. The molecule has 0 saturated carbocycles. The molecule has 17 aromatic rings. The first-order valence-electron chi connectivity index (χ1n) is 31.9. The standard InChI is InChI=1S/C89H58N2O2/c1-7-27-59(28-8-1)63-51-64(60-29-9-2-10-30-60)54-70(53-63)90(81-45-25-43-76-73-40-21-23-47-84(73)92-87(76)81)69-49-50-78-79(57-69)89(67-35-15-5-16-36-67,68-37-17-6-18-38-68)80-58-83(72-39-19-20-42-75(72)86(78)80)91(82-46-26-44-77-74-41-22-24-48-85(74)93-88(77)82)71-55-65(61-31-11-3-12-32-61)52-66(56-71)62-33-13-4-14-34-62/h1-58H. The zero-order chi connectivity index (χ0) is 61.4. The Balaban J connectivity index is 0.951. The molecule has 0 fully saturated rings. The van der Waals surface area contributed by atoms with Crippen molar-refractivity contribution in [3.8, 4) is 55.6 Å². The Labute approximate surface area is 539 Å². The van der Waals surface area contributed by atoms with Crippen molar-refractivity contribution in [3.05, 3.63) is 374 Å². The minimum absolute atomic E-state index is 0.811. The van der Waals surface area contributed by atoms with Crippen LogP contribution in [0.15, 0.2) is 361 Å². The van der Waals surface area contributed by atoms with Crippen molar-refractivity contribution >= 4 is 88.8 Å². The Kier molecular flexibility index (Phi) is 12.8. The molecule has 15 aromatic carbocycles. The summed E-state index contributed by atoms with van der Waals surface area (Å²) in [4.78, 5) is 4.93. The average Bonchev–Trinajstić information content (AvgIpc) is 1.54. The second kappa shape index (κ2) is 22.1. The van der Waals surface area contributed by atoms with Gasteiger partial charge in [0.2, 0.25) is 0 Å². The third-order valence-corrected chi connectivity index (χ3v) is 19.0. The second-order valence-corrected chi connectivity index (χ2v) is 24.3. The quantitative estimate of drug-likeness (QED) is 0.122. The minimum Gasteiger partial charge on any atom is -0.454 e. The number of fused-ring (bicyclic) bond motifs is 11. The van der Waals surface area contributed by atoms with Gasteiger partial charge in [-0.25, -0.2) is 0 Å². The van der Waals surface area contributed by atoms with Crippen LogP contribution in [-0.2, 0) is 5.41 Å². The van der Waals surface area contributed by atoms with E-state index < -0.39 is 5.41 Å². The van der Waals surface area contributed by atoms with Gasteiger partial charge in [0.25, 0.3) is 0 Å². The number of hydrogen-bond acceptors (Lipinski definition) is 4. The molecule has 2 aromatic heterocycles. The Bertz CT molecular complexity index is 5530. The van der Waals surface area contributed by atoms with Crippen molar-refractivity contribution in [2.45, 2.75) is 5.41 Å². The molecule has 0 saturated heterocycles. The van der Waals surface area contributed by atoms with Crippen molar-refractivity contribution in [1.82, 2.24) is 0 Å². The summed E-state index contributed by atoms with van der Waals surface area (Å²) in [6, 6.07) is 128. The normalized spacial score (nSPS) is 12.4. The first-order chi connectivity index (χ1) is 46.1. The fraction of sp³-hybridized carbons (Fsp3) is 0.0112. The highest BCUT2D eigenvalue weighted by molar-refractivity contribution is 6.16. The number of furan rings is 2. The van der Waals surface area contributed by atoms with Crippen molar-refractivity contribution < 1.29 is 8.83 Å². The first kappa shape index (κ1) is 53.8. The van der Waals surface area contributed by atoms with Gasteiger partial charge in [0.15, 0.2) is 11.2 Å². The summed E-state index contributed by atoms with van der Waals surface area (Å²) in [5.74, 6) is 0. The van der Waals surface area contributed by atoms with Crippen LogP contribution in [0.4, 0.5) is 34.1 Å². The Morgan fingerprint density at radius 3 is 1.06 bits per heavy atom. The lowest BCUT2D eigenvalue weighted by molar-refractivity contribution is 0.668. The number of para-hydroxylation sites is 4. The van der Waals surface area contributed by atoms with Crippen LogP contribution in [0.1, 0.15) is 22.3 Å². The van der Waals surface area contributed by atoms with E-state index in [1.807, 2.05) is 0 Å². The van der Waals surface area contributed by atoms with Crippen molar-refractivity contribution in [1.29, 1.82) is 0 Å². The van der Waals surface area contributed by atoms with Crippen molar-refractivity contribution in [2.24, 2.45) is 0 Å². The van der Waals surface area contributed by atoms with Crippen LogP contribution in [0.3, 0.4) is 0 Å². The molecule has 0 aliphatic heterocycles. The van der Waals surface area contributed by atoms with E-state index in [9.17, 15) is 0 Å². The van der Waals surface area contributed by atoms with Gasteiger partial charge in [-0.15, -0.1) is 0 Å². The fourth-order valence-electron chi connectivity index (χ4n) is 15.0. The molecule has 2 heterocycles. The van der Waals surface area contributed by atoms with Gasteiger partial charge in [0, 0.05) is 44.0 Å². The van der Waals surface area contributed by atoms with E-state index in [2.05, 4.69) is 362 Å². The summed E-state index contributed by atoms with van der Waals surface area (Å²) in [5.41, 5.74) is 24.3. The van der Waals surface area contributed by atoms with Crippen LogP contribution in [0.25, 0.3) is 110 Å². The number of nitrogens with zero attached hydrogens (tertiary/aromatic N) is 2. The Hall–Kier alpha value is -12.2. The molecule has 0 radical (unpaired) electrons. The van der Waals surface area contributed by atoms with Crippen LogP contribution in [0.5, 0.6) is 0 Å². The monoisotopic (exact) mass is 1190 g/mol. The molecule has 1 aliphatic rings. The summed E-state index contributed by atoms with van der Waals surface area (Å²) >= 11 is 0. The van der Waals surface area contributed by atoms with Gasteiger partial charge in [-0.3, -0.25) is 0 Å². The van der Waals surface area contributed by atoms with E-state index in [-0.39, 0.29) is 0 Å². The Morgan fingerprint density at radius 2 is 0.602 bits per heavy atom. The SMILES string of the molecule is c1ccc(-c2cc(-c3ccccc3)cc(N(c3ccc4c(c3)C(c3ccccc3)(c3ccccc3)c3cc(N(c5cc(-c6ccccc6)cc(-c6ccccc6)c5)c5cccc6c5oc5ccccc56)c5ccccc5c3-4)c3cccc4c3oc3ccccc34)c2)cc1. The summed E-state index contributed by atoms with van der Waals surface area (Å²) in [5, 5.41) is 6.50. The highest BCUT2D eigenvalue weighted by Gasteiger charge is 2.48. The van der Waals surface area contributed by atoms with Gasteiger partial charge in [-0.1, -0.05) is 273 Å². The molecule has 18 rings (SSSR count). The van der Waals surface area contributed by atoms with Gasteiger partial charge in [0.05, 0.1) is 22.5 Å². The van der Waals surface area contributed by atoms with Crippen LogP contribution < -0.4 is 9.80 Å². The molecule has 0 amide bonds. The maximum absolute atomic E-state index is 7.14. The maximum atomic E-state index is 7.14. The van der Waals surface area contributed by atoms with Gasteiger partial charge >= 0.3 is 0 Å². The third-order valence-electron chi connectivity index (χ3n) is 19.0. The van der Waals surface area contributed by atoms with Gasteiger partial charge in [-0.05, 0) is 162 Å². The Morgan fingerprint density at radius 1 is 0.226 bits per heavy atom. The van der Waals surface area contributed by atoms with Gasteiger partial charge in [-0.2, -0.15) is 0 Å². The number of anilines is 6. The van der Waals surface area contributed by atoms with Crippen LogP contribution in [0.2, 0.25) is 0 Å². The summed E-state index contributed by atoms with van der Waals surface area (Å²) in [7, 11) is 0. The van der Waals surface area contributed by atoms with E-state index in [1.54, 1.807) is 0 Å². The van der Waals surface area contributed by atoms with E-state index in [4.69, 9.17) is 8.83 Å². The molecule has 4 heteroatoms. The summed E-state index contributed by atoms with van der Waals surface area (Å²) in [6.07, 6.45) is 0. The van der Waals surface area contributed by atoms with E-state index in [1.165, 1.54) is 16.7 Å². The second-order valence-electron chi connectivity index (χ2n) is 24.3. The van der Waals surface area contributed by atoms with Crippen molar-refractivity contribution in [3.63, 3.8) is 0 Å². The lowest BCUT2D eigenvalue weighted by Gasteiger charge is -2.36. The lowest BCUT2D eigenvalue weighted by atomic mass is 9.67. The molecular weight excluding hydrogens is 1130 g/mol. The molecule has 0 atom stereocenters. The highest BCUT2D eigenvalue weighted by atomic mass is 16.3.